The van der Waals surface area contributed by atoms with Crippen LogP contribution >= 0.6 is 0 Å². The normalized spacial score (nSPS) is 13.2. The second-order valence-electron chi connectivity index (χ2n) is 5.27. The Bertz CT molecular complexity index is 985. The summed E-state index contributed by atoms with van der Waals surface area (Å²) in [6.45, 7) is 1.81. The van der Waals surface area contributed by atoms with Crippen molar-refractivity contribution in [1.82, 2.24) is 10.1 Å². The molecule has 0 fully saturated rings. The molecule has 3 aromatic rings. The van der Waals surface area contributed by atoms with Gasteiger partial charge in [-0.25, -0.2) is 9.19 Å². The van der Waals surface area contributed by atoms with Crippen LogP contribution in [0, 0.1) is 6.92 Å². The summed E-state index contributed by atoms with van der Waals surface area (Å²) in [7, 11) is -2.88. The number of hydrogen-bond donors (Lipinski definition) is 0. The van der Waals surface area contributed by atoms with E-state index in [1.54, 1.807) is 48.5 Å². The van der Waals surface area contributed by atoms with E-state index in [0.29, 0.717) is 17.0 Å². The monoisotopic (exact) mass is 341 g/mol. The molecule has 2 heterocycles. The lowest BCUT2D eigenvalue weighted by atomic mass is 10.1. The van der Waals surface area contributed by atoms with E-state index in [2.05, 4.69) is 14.5 Å². The third-order valence-corrected chi connectivity index (χ3v) is 4.87. The highest BCUT2D eigenvalue weighted by atomic mass is 32.2. The second kappa shape index (κ2) is 6.37. The average Bonchev–Trinajstić information content (AvgIpc) is 3.02. The summed E-state index contributed by atoms with van der Waals surface area (Å²) in [5.41, 5.74) is 1.87. The summed E-state index contributed by atoms with van der Waals surface area (Å²) in [6.07, 6.45) is 2.92. The highest BCUT2D eigenvalue weighted by Gasteiger charge is 2.12. The van der Waals surface area contributed by atoms with Gasteiger partial charge in [-0.05, 0) is 31.2 Å². The van der Waals surface area contributed by atoms with E-state index in [1.807, 2.05) is 6.92 Å². The Morgan fingerprint density at radius 3 is 2.50 bits per heavy atom. The van der Waals surface area contributed by atoms with Gasteiger partial charge < -0.3 is 4.52 Å². The molecular weight excluding hydrogens is 326 g/mol. The number of rotatable bonds is 3. The molecule has 1 aromatic carbocycles. The number of benzene rings is 1. The lowest BCUT2D eigenvalue weighted by Gasteiger charge is -2.03. The second-order valence-corrected chi connectivity index (χ2v) is 7.47. The van der Waals surface area contributed by atoms with Crippen LogP contribution in [0.15, 0.2) is 68.6 Å². The SMILES string of the molecule is Cc1cc(-c2ccc(C(=O)N=S(C)(=O)c3ccccn3)cc2)no1. The number of pyridine rings is 1. The maximum Gasteiger partial charge on any atom is 0.285 e. The van der Waals surface area contributed by atoms with Crippen LogP contribution in [0.3, 0.4) is 0 Å². The molecule has 0 spiro atoms. The molecule has 0 radical (unpaired) electrons. The van der Waals surface area contributed by atoms with Crippen LogP contribution < -0.4 is 0 Å². The molecule has 2 aromatic heterocycles. The molecule has 0 saturated carbocycles. The zero-order valence-corrected chi connectivity index (χ0v) is 14.0. The Morgan fingerprint density at radius 1 is 1.17 bits per heavy atom. The molecule has 6 nitrogen and oxygen atoms in total. The molecule has 7 heteroatoms. The first-order valence-electron chi connectivity index (χ1n) is 7.17. The molecule has 0 aliphatic rings. The van der Waals surface area contributed by atoms with Crippen LogP contribution in [0.5, 0.6) is 0 Å². The van der Waals surface area contributed by atoms with Gasteiger partial charge in [0, 0.05) is 29.6 Å². The molecule has 0 aliphatic carbocycles. The van der Waals surface area contributed by atoms with Crippen molar-refractivity contribution in [3.05, 3.63) is 66.1 Å². The Balaban J connectivity index is 1.88. The quantitative estimate of drug-likeness (QED) is 0.729. The van der Waals surface area contributed by atoms with Crippen LogP contribution in [0.1, 0.15) is 16.1 Å². The molecule has 0 aliphatic heterocycles. The third-order valence-electron chi connectivity index (χ3n) is 3.34. The first-order valence-corrected chi connectivity index (χ1v) is 9.09. The fourth-order valence-electron chi connectivity index (χ4n) is 2.11. The maximum atomic E-state index is 12.6. The number of carbonyl (C=O) groups is 1. The largest absolute Gasteiger partial charge is 0.361 e. The van der Waals surface area contributed by atoms with Crippen molar-refractivity contribution in [2.24, 2.45) is 4.36 Å². The molecule has 24 heavy (non-hydrogen) atoms. The standard InChI is InChI=1S/C17H15N3O3S/c1-12-11-15(19-23-12)13-6-8-14(9-7-13)17(21)20-24(2,22)16-5-3-4-10-18-16/h3-11H,1-2H3. The van der Waals surface area contributed by atoms with E-state index in [9.17, 15) is 9.00 Å². The highest BCUT2D eigenvalue weighted by Crippen LogP contribution is 2.20. The minimum Gasteiger partial charge on any atom is -0.361 e. The molecule has 1 atom stereocenters. The molecule has 1 unspecified atom stereocenters. The molecule has 122 valence electrons. The van der Waals surface area contributed by atoms with Crippen LogP contribution in [-0.4, -0.2) is 26.5 Å². The van der Waals surface area contributed by atoms with Gasteiger partial charge >= 0.3 is 0 Å². The topological polar surface area (TPSA) is 85.4 Å². The van der Waals surface area contributed by atoms with Crippen molar-refractivity contribution >= 4 is 15.6 Å². The van der Waals surface area contributed by atoms with E-state index in [4.69, 9.17) is 4.52 Å². The van der Waals surface area contributed by atoms with Gasteiger partial charge in [-0.1, -0.05) is 23.4 Å². The van der Waals surface area contributed by atoms with Gasteiger partial charge in [-0.2, -0.15) is 4.36 Å². The fourth-order valence-corrected chi connectivity index (χ4v) is 3.22. The summed E-state index contributed by atoms with van der Waals surface area (Å²) >= 11 is 0. The van der Waals surface area contributed by atoms with Crippen molar-refractivity contribution in [1.29, 1.82) is 0 Å². The van der Waals surface area contributed by atoms with Crippen LogP contribution in [-0.2, 0) is 9.73 Å². The van der Waals surface area contributed by atoms with E-state index < -0.39 is 15.6 Å². The lowest BCUT2D eigenvalue weighted by molar-refractivity contribution is 0.100. The number of amides is 1. The number of aryl methyl sites for hydroxylation is 1. The van der Waals surface area contributed by atoms with Gasteiger partial charge in [0.25, 0.3) is 5.91 Å². The minimum absolute atomic E-state index is 0.285. The van der Waals surface area contributed by atoms with Gasteiger partial charge in [-0.15, -0.1) is 0 Å². The minimum atomic E-state index is -2.88. The predicted molar refractivity (Wildman–Crippen MR) is 90.0 cm³/mol. The Hall–Kier alpha value is -2.80. The van der Waals surface area contributed by atoms with Crippen LogP contribution in [0.25, 0.3) is 11.3 Å². The summed E-state index contributed by atoms with van der Waals surface area (Å²) in [5, 5.41) is 4.21. The molecule has 1 amide bonds. The van der Waals surface area contributed by atoms with Crippen molar-refractivity contribution in [3.8, 4) is 11.3 Å². The number of aromatic nitrogens is 2. The molecule has 0 bridgehead atoms. The van der Waals surface area contributed by atoms with E-state index in [-0.39, 0.29) is 5.03 Å². The van der Waals surface area contributed by atoms with Crippen LogP contribution in [0.2, 0.25) is 0 Å². The van der Waals surface area contributed by atoms with E-state index in [0.717, 1.165) is 5.56 Å². The Morgan fingerprint density at radius 2 is 1.92 bits per heavy atom. The third kappa shape index (κ3) is 3.41. The van der Waals surface area contributed by atoms with Crippen molar-refractivity contribution in [3.63, 3.8) is 0 Å². The van der Waals surface area contributed by atoms with Gasteiger partial charge in [0.15, 0.2) is 0 Å². The van der Waals surface area contributed by atoms with Crippen molar-refractivity contribution in [2.75, 3.05) is 6.26 Å². The zero-order valence-electron chi connectivity index (χ0n) is 13.2. The summed E-state index contributed by atoms with van der Waals surface area (Å²) in [5.74, 6) is 0.164. The van der Waals surface area contributed by atoms with Crippen LogP contribution in [0.4, 0.5) is 0 Å². The summed E-state index contributed by atoms with van der Waals surface area (Å²) in [6, 6.07) is 13.6. The lowest BCUT2D eigenvalue weighted by Crippen LogP contribution is -2.05. The molecule has 0 saturated heterocycles. The van der Waals surface area contributed by atoms with Gasteiger partial charge in [0.2, 0.25) is 0 Å². The van der Waals surface area contributed by atoms with Gasteiger partial charge in [-0.3, -0.25) is 4.79 Å². The maximum absolute atomic E-state index is 12.6. The highest BCUT2D eigenvalue weighted by molar-refractivity contribution is 7.93. The van der Waals surface area contributed by atoms with Gasteiger partial charge in [0.05, 0.1) is 9.73 Å². The fraction of sp³-hybridized carbons (Fsp3) is 0.118. The average molecular weight is 341 g/mol. The van der Waals surface area contributed by atoms with E-state index >= 15 is 0 Å². The zero-order chi connectivity index (χ0) is 17.2. The van der Waals surface area contributed by atoms with Gasteiger partial charge in [0.1, 0.15) is 16.5 Å². The summed E-state index contributed by atoms with van der Waals surface area (Å²) < 4.78 is 21.5. The predicted octanol–water partition coefficient (Wildman–Crippen LogP) is 3.34. The molecule has 0 N–H and O–H groups in total. The van der Waals surface area contributed by atoms with E-state index in [1.165, 1.54) is 12.5 Å². The Kier molecular flexibility index (Phi) is 4.26. The number of carbonyl (C=O) groups excluding carboxylic acids is 1. The number of nitrogens with zero attached hydrogens (tertiary/aromatic N) is 3. The first kappa shape index (κ1) is 16.1. The Labute approximate surface area is 139 Å². The molecular formula is C17H15N3O3S. The first-order chi connectivity index (χ1) is 11.5. The number of hydrogen-bond acceptors (Lipinski definition) is 5. The summed E-state index contributed by atoms with van der Waals surface area (Å²) in [4.78, 5) is 16.3. The molecule has 3 rings (SSSR count). The van der Waals surface area contributed by atoms with Crippen molar-refractivity contribution in [2.45, 2.75) is 11.9 Å². The van der Waals surface area contributed by atoms with Crippen molar-refractivity contribution < 1.29 is 13.5 Å². The smallest absolute Gasteiger partial charge is 0.285 e.